The van der Waals surface area contributed by atoms with Gasteiger partial charge in [0.2, 0.25) is 0 Å². The molecule has 3 nitrogen and oxygen atoms in total. The van der Waals surface area contributed by atoms with Gasteiger partial charge in [0, 0.05) is 12.2 Å². The molecule has 0 aromatic heterocycles. The van der Waals surface area contributed by atoms with Crippen LogP contribution in [0, 0.1) is 0 Å². The van der Waals surface area contributed by atoms with Gasteiger partial charge < -0.3 is 15.5 Å². The zero-order valence-corrected chi connectivity index (χ0v) is 14.8. The average molecular weight is 319 g/mol. The molecular formula is C20H33NO2. The molecule has 2 rings (SSSR count). The lowest BCUT2D eigenvalue weighted by atomic mass is 9.84. The molecule has 0 radical (unpaired) electrons. The lowest BCUT2D eigenvalue weighted by Gasteiger charge is -2.33. The summed E-state index contributed by atoms with van der Waals surface area (Å²) in [6.07, 6.45) is 8.88. The van der Waals surface area contributed by atoms with Gasteiger partial charge in [-0.05, 0) is 43.4 Å². The third-order valence-electron chi connectivity index (χ3n) is 5.33. The second kappa shape index (κ2) is 8.16. The Morgan fingerprint density at radius 2 is 1.91 bits per heavy atom. The first-order chi connectivity index (χ1) is 11.0. The molecule has 0 aliphatic heterocycles. The molecule has 3 heteroatoms. The quantitative estimate of drug-likeness (QED) is 0.657. The maximum absolute atomic E-state index is 10.9. The van der Waals surface area contributed by atoms with Gasteiger partial charge in [-0.1, -0.05) is 58.1 Å². The summed E-state index contributed by atoms with van der Waals surface area (Å²) >= 11 is 0. The molecular weight excluding hydrogens is 286 g/mol. The van der Waals surface area contributed by atoms with Crippen molar-refractivity contribution in [1.29, 1.82) is 0 Å². The van der Waals surface area contributed by atoms with Crippen LogP contribution < -0.4 is 5.32 Å². The second-order valence-corrected chi connectivity index (χ2v) is 7.21. The number of benzene rings is 1. The number of hydrogen-bond donors (Lipinski definition) is 3. The van der Waals surface area contributed by atoms with Crippen LogP contribution in [0.2, 0.25) is 0 Å². The third kappa shape index (κ3) is 4.95. The molecule has 3 N–H and O–H groups in total. The van der Waals surface area contributed by atoms with E-state index in [4.69, 9.17) is 0 Å². The van der Waals surface area contributed by atoms with Crippen LogP contribution in [0.4, 0.5) is 5.69 Å². The summed E-state index contributed by atoms with van der Waals surface area (Å²) in [5.41, 5.74) is 0.659. The predicted octanol–water partition coefficient (Wildman–Crippen LogP) is 4.58. The Balaban J connectivity index is 2.03. The van der Waals surface area contributed by atoms with E-state index in [1.54, 1.807) is 0 Å². The van der Waals surface area contributed by atoms with Gasteiger partial charge in [0.25, 0.3) is 0 Å². The molecule has 130 valence electrons. The van der Waals surface area contributed by atoms with E-state index < -0.39 is 11.2 Å². The molecule has 1 aromatic carbocycles. The first-order valence-electron chi connectivity index (χ1n) is 9.30. The number of rotatable bonds is 8. The molecule has 1 unspecified atom stereocenters. The van der Waals surface area contributed by atoms with E-state index in [0.717, 1.165) is 62.6 Å². The maximum atomic E-state index is 10.9. The van der Waals surface area contributed by atoms with E-state index >= 15 is 0 Å². The zero-order valence-electron chi connectivity index (χ0n) is 14.8. The van der Waals surface area contributed by atoms with E-state index in [1.807, 2.05) is 31.2 Å². The van der Waals surface area contributed by atoms with Crippen LogP contribution in [-0.4, -0.2) is 22.4 Å². The van der Waals surface area contributed by atoms with Crippen molar-refractivity contribution in [2.24, 2.45) is 0 Å². The lowest BCUT2D eigenvalue weighted by molar-refractivity contribution is 0.0167. The Hall–Kier alpha value is -1.06. The minimum atomic E-state index is -0.741. The van der Waals surface area contributed by atoms with Gasteiger partial charge in [-0.2, -0.15) is 0 Å². The first-order valence-corrected chi connectivity index (χ1v) is 9.30. The minimum Gasteiger partial charge on any atom is -0.388 e. The molecule has 0 saturated heterocycles. The van der Waals surface area contributed by atoms with Crippen molar-refractivity contribution < 1.29 is 10.2 Å². The highest BCUT2D eigenvalue weighted by Crippen LogP contribution is 2.33. The lowest BCUT2D eigenvalue weighted by Crippen LogP contribution is -2.38. The Morgan fingerprint density at radius 3 is 2.57 bits per heavy atom. The van der Waals surface area contributed by atoms with Crippen molar-refractivity contribution in [3.05, 3.63) is 29.8 Å². The number of unbranched alkanes of at least 4 members (excludes halogenated alkanes) is 1. The van der Waals surface area contributed by atoms with Crippen LogP contribution in [0.3, 0.4) is 0 Å². The Bertz CT molecular complexity index is 482. The predicted molar refractivity (Wildman–Crippen MR) is 96.7 cm³/mol. The fourth-order valence-corrected chi connectivity index (χ4v) is 3.57. The number of anilines is 1. The fraction of sp³-hybridized carbons (Fsp3) is 0.700. The fourth-order valence-electron chi connectivity index (χ4n) is 3.57. The molecule has 0 amide bonds. The molecule has 0 heterocycles. The highest BCUT2D eigenvalue weighted by molar-refractivity contribution is 5.47. The standard InChI is InChI=1S/C20H33NO2/c1-3-5-14-20(23,4-2)17-10-9-11-18(15-17)21-16-19(22)12-7-6-8-13-19/h9-11,15,21-23H,3-8,12-14,16H2,1-2H3. The smallest absolute Gasteiger partial charge is 0.0894 e. The summed E-state index contributed by atoms with van der Waals surface area (Å²) < 4.78 is 0. The summed E-state index contributed by atoms with van der Waals surface area (Å²) in [5.74, 6) is 0. The molecule has 0 bridgehead atoms. The molecule has 1 aliphatic rings. The van der Waals surface area contributed by atoms with Gasteiger partial charge in [-0.3, -0.25) is 0 Å². The van der Waals surface area contributed by atoms with Gasteiger partial charge in [0.15, 0.2) is 0 Å². The zero-order chi connectivity index (χ0) is 16.8. The largest absolute Gasteiger partial charge is 0.388 e. The summed E-state index contributed by atoms with van der Waals surface area (Å²) in [5, 5.41) is 24.9. The molecule has 0 spiro atoms. The van der Waals surface area contributed by atoms with Crippen LogP contribution >= 0.6 is 0 Å². The van der Waals surface area contributed by atoms with Crippen molar-refractivity contribution in [2.75, 3.05) is 11.9 Å². The summed E-state index contributed by atoms with van der Waals surface area (Å²) in [7, 11) is 0. The molecule has 1 saturated carbocycles. The van der Waals surface area contributed by atoms with E-state index in [2.05, 4.69) is 12.2 Å². The Morgan fingerprint density at radius 1 is 1.17 bits per heavy atom. The van der Waals surface area contributed by atoms with Gasteiger partial charge in [0.05, 0.1) is 11.2 Å². The molecule has 23 heavy (non-hydrogen) atoms. The minimum absolute atomic E-state index is 0.572. The van der Waals surface area contributed by atoms with Crippen molar-refractivity contribution in [3.8, 4) is 0 Å². The maximum Gasteiger partial charge on any atom is 0.0894 e. The molecule has 1 atom stereocenters. The Kier molecular flexibility index (Phi) is 6.49. The van der Waals surface area contributed by atoms with Gasteiger partial charge >= 0.3 is 0 Å². The molecule has 1 fully saturated rings. The SMILES string of the molecule is CCCCC(O)(CC)c1cccc(NCC2(O)CCCCC2)c1. The van der Waals surface area contributed by atoms with Gasteiger partial charge in [-0.25, -0.2) is 0 Å². The molecule has 1 aliphatic carbocycles. The van der Waals surface area contributed by atoms with Crippen LogP contribution in [0.5, 0.6) is 0 Å². The van der Waals surface area contributed by atoms with Crippen molar-refractivity contribution >= 4 is 5.69 Å². The van der Waals surface area contributed by atoms with Gasteiger partial charge in [-0.15, -0.1) is 0 Å². The molecule has 1 aromatic rings. The number of hydrogen-bond acceptors (Lipinski definition) is 3. The summed E-state index contributed by atoms with van der Waals surface area (Å²) in [4.78, 5) is 0. The third-order valence-corrected chi connectivity index (χ3v) is 5.33. The van der Waals surface area contributed by atoms with E-state index in [0.29, 0.717) is 6.54 Å². The van der Waals surface area contributed by atoms with Gasteiger partial charge in [0.1, 0.15) is 0 Å². The van der Waals surface area contributed by atoms with Crippen LogP contribution in [0.15, 0.2) is 24.3 Å². The topological polar surface area (TPSA) is 52.5 Å². The van der Waals surface area contributed by atoms with Crippen molar-refractivity contribution in [3.63, 3.8) is 0 Å². The van der Waals surface area contributed by atoms with Crippen molar-refractivity contribution in [1.82, 2.24) is 0 Å². The van der Waals surface area contributed by atoms with E-state index in [9.17, 15) is 10.2 Å². The van der Waals surface area contributed by atoms with Crippen LogP contribution in [-0.2, 0) is 5.60 Å². The highest BCUT2D eigenvalue weighted by atomic mass is 16.3. The average Bonchev–Trinajstić information content (AvgIpc) is 2.59. The summed E-state index contributed by atoms with van der Waals surface area (Å²) in [6.45, 7) is 4.79. The normalized spacial score (nSPS) is 20.0. The van der Waals surface area contributed by atoms with E-state index in [1.165, 1.54) is 6.42 Å². The Labute approximate surface area is 141 Å². The van der Waals surface area contributed by atoms with Crippen LogP contribution in [0.25, 0.3) is 0 Å². The summed E-state index contributed by atoms with van der Waals surface area (Å²) in [6, 6.07) is 8.08. The van der Waals surface area contributed by atoms with Crippen molar-refractivity contribution in [2.45, 2.75) is 82.8 Å². The van der Waals surface area contributed by atoms with E-state index in [-0.39, 0.29) is 0 Å². The monoisotopic (exact) mass is 319 g/mol. The highest BCUT2D eigenvalue weighted by Gasteiger charge is 2.29. The second-order valence-electron chi connectivity index (χ2n) is 7.21. The van der Waals surface area contributed by atoms with Crippen LogP contribution in [0.1, 0.15) is 77.2 Å². The number of nitrogens with one attached hydrogen (secondary N) is 1. The number of aliphatic hydroxyl groups is 2. The first kappa shape index (κ1) is 18.3.